The molecule has 23 nitrogen and oxygen atoms in total. The summed E-state index contributed by atoms with van der Waals surface area (Å²) in [5.74, 6) is -0.589. The van der Waals surface area contributed by atoms with Crippen molar-refractivity contribution in [2.24, 2.45) is 29.6 Å². The van der Waals surface area contributed by atoms with Crippen molar-refractivity contribution >= 4 is 23.3 Å². The summed E-state index contributed by atoms with van der Waals surface area (Å²) >= 11 is 0. The van der Waals surface area contributed by atoms with Crippen LogP contribution in [0.5, 0.6) is 0 Å². The Balaban J connectivity index is 0.000000241. The van der Waals surface area contributed by atoms with Crippen LogP contribution in [-0.2, 0) is 52.2 Å². The number of methoxy groups -OCH3 is 4. The predicted molar refractivity (Wildman–Crippen MR) is 330 cm³/mol. The first-order chi connectivity index (χ1) is 42.5. The third-order valence-corrected chi connectivity index (χ3v) is 18.7. The van der Waals surface area contributed by atoms with Gasteiger partial charge in [-0.25, -0.2) is 27.2 Å². The van der Waals surface area contributed by atoms with Gasteiger partial charge in [-0.3, -0.25) is 18.7 Å². The highest BCUT2D eigenvalue weighted by atomic mass is 19.2. The smallest absolute Gasteiger partial charge is 0.351 e. The summed E-state index contributed by atoms with van der Waals surface area (Å²) in [5.41, 5.74) is -3.14. The number of nitrogens with zero attached hydrogens (tertiary/aromatic N) is 4. The van der Waals surface area contributed by atoms with Gasteiger partial charge >= 0.3 is 11.4 Å². The molecule has 9 rings (SSSR count). The maximum Gasteiger partial charge on any atom is 0.351 e. The highest BCUT2D eigenvalue weighted by molar-refractivity contribution is 6.03. The minimum absolute atomic E-state index is 0.00839. The standard InChI is InChI=1S/C19H22FN3O3.C10H14FN3O4.2C9H17FO2.C9H18O3.C8H14O3/c1-4-14-12(2)19(3,20)17(26-14)23-11-10-15(22-18(23)25)21-16(24)13-8-6-5-7-9-13;1-10(11)7(16)5(4-15)18-8(10)14-3-2-6(12)13-9(14)17;3*1-5-7-6(2)9(3,10)8(11-4)12-7;1-4-6-5(2)7(9)8(10-3)11-6/h5-12,14,17H,4H2,1-3H3,(H,21,22,24,25);2-3,5,7-8,15-16H,4H2,1H3,(H2,12,13,17);2*6-8H,5H2,1-4H3;6-8,10H,5H2,1-4H3;5-6,8H,4H2,1-3H3/t12-,14+,17+,19?;5-,7+,8-,10?;3*6-,7+,8+,9?;5-,6+,8+/m010000/s1. The normalized spacial score (nSPS) is 38.8. The molecule has 27 heteroatoms. The second kappa shape index (κ2) is 33.5. The number of benzene rings is 1. The number of hydrogen-bond donors (Lipinski definition) is 5. The van der Waals surface area contributed by atoms with E-state index in [1.54, 1.807) is 65.1 Å². The summed E-state index contributed by atoms with van der Waals surface area (Å²) in [6.07, 6.45) is -0.870. The molecule has 0 spiro atoms. The molecule has 6 aliphatic heterocycles. The second-order valence-electron chi connectivity index (χ2n) is 24.7. The van der Waals surface area contributed by atoms with Crippen LogP contribution in [-0.4, -0.2) is 177 Å². The van der Waals surface area contributed by atoms with Crippen LogP contribution >= 0.6 is 0 Å². The van der Waals surface area contributed by atoms with E-state index in [0.717, 1.165) is 41.7 Å². The largest absolute Gasteiger partial charge is 0.394 e. The fourth-order valence-corrected chi connectivity index (χ4v) is 11.8. The number of anilines is 2. The van der Waals surface area contributed by atoms with Crippen molar-refractivity contribution in [3.63, 3.8) is 0 Å². The van der Waals surface area contributed by atoms with Gasteiger partial charge in [-0.15, -0.1) is 0 Å². The van der Waals surface area contributed by atoms with E-state index >= 15 is 4.39 Å². The first kappa shape index (κ1) is 78.6. The minimum atomic E-state index is -2.21. The third-order valence-electron chi connectivity index (χ3n) is 18.7. The number of carbonyl (C=O) groups excluding carboxylic acids is 2. The molecule has 0 radical (unpaired) electrons. The van der Waals surface area contributed by atoms with E-state index in [1.165, 1.54) is 52.8 Å². The molecule has 2 aromatic heterocycles. The maximum absolute atomic E-state index is 15.1. The SMILES string of the molecule is CC1(F)[C@@H](O)[C@@H](CO)O[C@H]1n1ccc(N)nc1=O.CC[C@H]1O[C@@H](OC)C(=O)[C@H]1C.CC[C@H]1O[C@@H](OC)C(C)(F)[C@H]1C.CC[C@H]1O[C@@H](OC)C(C)(F)[C@H]1C.CC[C@H]1O[C@@H](OC)C(C)(O)[C@H]1C.CC[C@H]1O[C@@H](n2ccc(NC(=O)c3ccccc3)nc2=O)C(C)(F)[C@H]1C. The molecule has 1 aromatic carbocycles. The molecule has 8 heterocycles. The van der Waals surface area contributed by atoms with E-state index in [1.807, 2.05) is 55.4 Å². The average molecular weight is 1300 g/mol. The number of aliphatic hydroxyl groups is 3. The quantitative estimate of drug-likeness (QED) is 0.0947. The van der Waals surface area contributed by atoms with E-state index in [2.05, 4.69) is 22.2 Å². The van der Waals surface area contributed by atoms with Crippen molar-refractivity contribution in [1.82, 2.24) is 19.1 Å². The van der Waals surface area contributed by atoms with E-state index in [-0.39, 0.29) is 83.4 Å². The number of halogens is 4. The van der Waals surface area contributed by atoms with Gasteiger partial charge in [0.2, 0.25) is 6.29 Å². The Labute approximate surface area is 532 Å². The Hall–Kier alpha value is -4.88. The molecule has 6 saturated heterocycles. The molecule has 6 aliphatic rings. The summed E-state index contributed by atoms with van der Waals surface area (Å²) in [7, 11) is 6.01. The topological polar surface area (TPSA) is 295 Å². The lowest BCUT2D eigenvalue weighted by Gasteiger charge is -2.26. The van der Waals surface area contributed by atoms with Gasteiger partial charge in [-0.05, 0) is 91.0 Å². The Morgan fingerprint density at radius 1 is 0.571 bits per heavy atom. The summed E-state index contributed by atoms with van der Waals surface area (Å²) in [5, 5.41) is 31.2. The van der Waals surface area contributed by atoms with Crippen molar-refractivity contribution in [3.8, 4) is 0 Å². The molecule has 518 valence electrons. The van der Waals surface area contributed by atoms with E-state index < -0.39 is 96.1 Å². The lowest BCUT2D eigenvalue weighted by molar-refractivity contribution is -0.182. The van der Waals surface area contributed by atoms with Crippen LogP contribution in [0.15, 0.2) is 64.4 Å². The summed E-state index contributed by atoms with van der Waals surface area (Å²) in [4.78, 5) is 54.7. The van der Waals surface area contributed by atoms with E-state index in [4.69, 9.17) is 58.2 Å². The number of carbonyl (C=O) groups is 2. The number of rotatable bonds is 14. The van der Waals surface area contributed by atoms with Crippen LogP contribution in [0.4, 0.5) is 29.2 Å². The van der Waals surface area contributed by atoms with E-state index in [0.29, 0.717) is 12.0 Å². The Kier molecular flexibility index (Phi) is 28.9. The molecule has 0 aliphatic carbocycles. The molecule has 3 aromatic rings. The zero-order valence-corrected chi connectivity index (χ0v) is 56.3. The second-order valence-corrected chi connectivity index (χ2v) is 24.7. The maximum atomic E-state index is 15.1. The number of aromatic nitrogens is 4. The zero-order valence-electron chi connectivity index (χ0n) is 56.3. The van der Waals surface area contributed by atoms with Crippen molar-refractivity contribution in [1.29, 1.82) is 0 Å². The first-order valence-electron chi connectivity index (χ1n) is 31.2. The van der Waals surface area contributed by atoms with Crippen molar-refractivity contribution in [2.45, 2.75) is 245 Å². The Bertz CT molecular complexity index is 2770. The molecule has 0 saturated carbocycles. The van der Waals surface area contributed by atoms with Gasteiger partial charge < -0.3 is 73.7 Å². The number of aliphatic hydroxyl groups excluding tert-OH is 2. The summed E-state index contributed by atoms with van der Waals surface area (Å²) in [6.45, 7) is 26.2. The molecule has 1 amide bonds. The fourth-order valence-electron chi connectivity index (χ4n) is 11.8. The average Bonchev–Trinajstić information content (AvgIpc) is 1.90. The number of hydrogen-bond acceptors (Lipinski definition) is 20. The minimum Gasteiger partial charge on any atom is -0.394 e. The molecular formula is C64H102F4N6O17. The highest BCUT2D eigenvalue weighted by Crippen LogP contribution is 2.47. The lowest BCUT2D eigenvalue weighted by Crippen LogP contribution is -2.42. The number of alkyl halides is 4. The number of ether oxygens (including phenoxy) is 10. The van der Waals surface area contributed by atoms with Gasteiger partial charge in [0.1, 0.15) is 29.4 Å². The number of nitrogens with two attached hydrogens (primary N) is 1. The third kappa shape index (κ3) is 17.9. The molecular weight excluding hydrogens is 1200 g/mol. The van der Waals surface area contributed by atoms with Crippen molar-refractivity contribution in [2.75, 3.05) is 46.1 Å². The molecule has 91 heavy (non-hydrogen) atoms. The zero-order chi connectivity index (χ0) is 68.9. The van der Waals surface area contributed by atoms with Gasteiger partial charge in [0.05, 0.1) is 37.1 Å². The van der Waals surface area contributed by atoms with Crippen LogP contribution in [0.1, 0.15) is 159 Å². The number of ketones is 1. The van der Waals surface area contributed by atoms with E-state index in [9.17, 15) is 42.6 Å². The van der Waals surface area contributed by atoms with Gasteiger partial charge in [0, 0.05) is 76.0 Å². The fraction of sp³-hybridized carbons (Fsp3) is 0.750. The molecule has 6 N–H and O–H groups in total. The summed E-state index contributed by atoms with van der Waals surface area (Å²) < 4.78 is 112. The van der Waals surface area contributed by atoms with Crippen LogP contribution in [0.3, 0.4) is 0 Å². The van der Waals surface area contributed by atoms with Crippen molar-refractivity contribution in [3.05, 3.63) is 81.4 Å². The van der Waals surface area contributed by atoms with Crippen LogP contribution in [0.25, 0.3) is 0 Å². The number of Topliss-reactive ketones (excluding diaryl/α,β-unsaturated/α-hetero) is 1. The number of nitrogens with one attached hydrogen (secondary N) is 1. The van der Waals surface area contributed by atoms with Gasteiger partial charge in [0.15, 0.2) is 59.8 Å². The first-order valence-corrected chi connectivity index (χ1v) is 31.2. The van der Waals surface area contributed by atoms with Crippen LogP contribution < -0.4 is 22.4 Å². The Morgan fingerprint density at radius 3 is 1.34 bits per heavy atom. The summed E-state index contributed by atoms with van der Waals surface area (Å²) in [6, 6.07) is 11.4. The molecule has 23 atom stereocenters. The predicted octanol–water partition coefficient (Wildman–Crippen LogP) is 8.36. The molecule has 5 unspecified atom stereocenters. The number of amides is 1. The van der Waals surface area contributed by atoms with Gasteiger partial charge in [-0.1, -0.05) is 87.4 Å². The molecule has 6 fully saturated rings. The number of nitrogen functional groups attached to an aromatic ring is 1. The van der Waals surface area contributed by atoms with Crippen molar-refractivity contribution < 1.29 is 89.8 Å². The van der Waals surface area contributed by atoms with Crippen LogP contribution in [0.2, 0.25) is 0 Å². The van der Waals surface area contributed by atoms with Crippen LogP contribution in [0, 0.1) is 29.6 Å². The highest BCUT2D eigenvalue weighted by Gasteiger charge is 2.57. The van der Waals surface area contributed by atoms with Gasteiger partial charge in [-0.2, -0.15) is 9.97 Å². The monoisotopic (exact) mass is 1300 g/mol. The Morgan fingerprint density at radius 2 is 0.989 bits per heavy atom. The van der Waals surface area contributed by atoms with Gasteiger partial charge in [0.25, 0.3) is 5.91 Å². The lowest BCUT2D eigenvalue weighted by atomic mass is 9.88. The molecule has 0 bridgehead atoms.